The summed E-state index contributed by atoms with van der Waals surface area (Å²) in [5.74, 6) is -0.870. The summed E-state index contributed by atoms with van der Waals surface area (Å²) < 4.78 is 44.8. The van der Waals surface area contributed by atoms with Crippen molar-refractivity contribution in [3.63, 3.8) is 0 Å². The van der Waals surface area contributed by atoms with Crippen molar-refractivity contribution in [2.24, 2.45) is 0 Å². The summed E-state index contributed by atoms with van der Waals surface area (Å²) in [6.45, 7) is 3.66. The van der Waals surface area contributed by atoms with E-state index in [1.165, 1.54) is 4.90 Å². The highest BCUT2D eigenvalue weighted by molar-refractivity contribution is 6.10. The van der Waals surface area contributed by atoms with E-state index in [0.717, 1.165) is 18.2 Å². The van der Waals surface area contributed by atoms with Crippen molar-refractivity contribution in [1.82, 2.24) is 4.90 Å². The Hall–Kier alpha value is -3.56. The topological polar surface area (TPSA) is 79.0 Å². The number of nitrogens with zero attached hydrogens (tertiary/aromatic N) is 2. The van der Waals surface area contributed by atoms with Crippen LogP contribution < -0.4 is 15.0 Å². The third-order valence-corrected chi connectivity index (χ3v) is 6.19. The fraction of sp³-hybridized carbons (Fsp3) is 0.375. The first-order valence-corrected chi connectivity index (χ1v) is 10.9. The number of benzene rings is 2. The molecule has 7 nitrogen and oxygen atoms in total. The molecule has 2 aromatic rings. The van der Waals surface area contributed by atoms with E-state index in [-0.39, 0.29) is 49.2 Å². The normalized spacial score (nSPS) is 19.7. The van der Waals surface area contributed by atoms with E-state index in [0.29, 0.717) is 17.7 Å². The third kappa shape index (κ3) is 4.08. The molecular weight excluding hydrogens is 451 g/mol. The molecule has 2 heterocycles. The molecule has 0 bridgehead atoms. The number of alkyl halides is 3. The van der Waals surface area contributed by atoms with Crippen LogP contribution in [0.3, 0.4) is 0 Å². The molecule has 3 amide bonds. The minimum Gasteiger partial charge on any atom is -0.492 e. The number of ether oxygens (including phenoxy) is 1. The zero-order valence-electron chi connectivity index (χ0n) is 18.7. The number of carbonyl (C=O) groups excluding carboxylic acids is 3. The highest BCUT2D eigenvalue weighted by Gasteiger charge is 2.52. The van der Waals surface area contributed by atoms with Crippen molar-refractivity contribution in [2.45, 2.75) is 44.9 Å². The maximum Gasteiger partial charge on any atom is 0.416 e. The van der Waals surface area contributed by atoms with Gasteiger partial charge in [-0.15, -0.1) is 0 Å². The van der Waals surface area contributed by atoms with Crippen LogP contribution in [-0.4, -0.2) is 41.4 Å². The van der Waals surface area contributed by atoms with Crippen LogP contribution in [0.15, 0.2) is 42.5 Å². The fourth-order valence-electron chi connectivity index (χ4n) is 4.55. The van der Waals surface area contributed by atoms with Gasteiger partial charge in [0, 0.05) is 19.4 Å². The van der Waals surface area contributed by atoms with Gasteiger partial charge in [-0.3, -0.25) is 19.3 Å². The monoisotopic (exact) mass is 475 g/mol. The fourth-order valence-corrected chi connectivity index (χ4v) is 4.55. The van der Waals surface area contributed by atoms with Gasteiger partial charge in [0.25, 0.3) is 5.91 Å². The number of amides is 3. The van der Waals surface area contributed by atoms with Crippen molar-refractivity contribution in [3.05, 3.63) is 53.6 Å². The van der Waals surface area contributed by atoms with Gasteiger partial charge in [0.1, 0.15) is 11.4 Å². The van der Waals surface area contributed by atoms with Gasteiger partial charge in [-0.2, -0.15) is 13.2 Å². The maximum absolute atomic E-state index is 13.2. The smallest absolute Gasteiger partial charge is 0.416 e. The Kier molecular flexibility index (Phi) is 6.01. The van der Waals surface area contributed by atoms with E-state index in [9.17, 15) is 27.6 Å². The molecule has 4 rings (SSSR count). The molecule has 0 saturated carbocycles. The number of fused-ring (bicyclic) bond motifs is 3. The van der Waals surface area contributed by atoms with Gasteiger partial charge >= 0.3 is 6.18 Å². The van der Waals surface area contributed by atoms with Gasteiger partial charge in [-0.25, -0.2) is 0 Å². The second kappa shape index (κ2) is 8.66. The van der Waals surface area contributed by atoms with Crippen molar-refractivity contribution in [1.29, 1.82) is 0 Å². The first kappa shape index (κ1) is 23.6. The highest BCUT2D eigenvalue weighted by Crippen LogP contribution is 2.44. The van der Waals surface area contributed by atoms with Crippen molar-refractivity contribution in [3.8, 4) is 5.75 Å². The molecule has 2 aliphatic heterocycles. The Morgan fingerprint density at radius 2 is 1.91 bits per heavy atom. The molecule has 34 heavy (non-hydrogen) atoms. The largest absolute Gasteiger partial charge is 0.492 e. The SMILES string of the molecule is CCOc1ccc(C(F)(F)F)cc1NC(=O)CCN1C(=O)c2ccccc2N2C(=O)CCC12C. The predicted octanol–water partition coefficient (Wildman–Crippen LogP) is 4.43. The van der Waals surface area contributed by atoms with Crippen LogP contribution >= 0.6 is 0 Å². The molecule has 0 radical (unpaired) electrons. The van der Waals surface area contributed by atoms with Gasteiger partial charge in [-0.05, 0) is 50.6 Å². The number of carbonyl (C=O) groups is 3. The second-order valence-electron chi connectivity index (χ2n) is 8.36. The van der Waals surface area contributed by atoms with Gasteiger partial charge in [0.2, 0.25) is 11.8 Å². The molecular formula is C24H24F3N3O4. The lowest BCUT2D eigenvalue weighted by Gasteiger charge is -2.48. The molecule has 0 aromatic heterocycles. The average Bonchev–Trinajstić information content (AvgIpc) is 3.09. The third-order valence-electron chi connectivity index (χ3n) is 6.19. The summed E-state index contributed by atoms with van der Waals surface area (Å²) >= 11 is 0. The summed E-state index contributed by atoms with van der Waals surface area (Å²) in [5, 5.41) is 2.48. The zero-order chi connectivity index (χ0) is 24.7. The standard InChI is InChI=1S/C24H24F3N3O4/c1-3-34-19-9-8-15(24(25,26)27)14-17(19)28-20(31)11-13-29-22(33)16-6-4-5-7-18(16)30-21(32)10-12-23(29,30)2/h4-9,14H,3,10-13H2,1-2H3,(H,28,31). The lowest BCUT2D eigenvalue weighted by atomic mass is 9.98. The lowest BCUT2D eigenvalue weighted by molar-refractivity contribution is -0.137. The van der Waals surface area contributed by atoms with Crippen molar-refractivity contribution in [2.75, 3.05) is 23.4 Å². The number of hydrogen-bond donors (Lipinski definition) is 1. The number of rotatable bonds is 6. The Balaban J connectivity index is 1.54. The van der Waals surface area contributed by atoms with E-state index in [4.69, 9.17) is 4.74 Å². The molecule has 0 aliphatic carbocycles. The molecule has 1 atom stereocenters. The predicted molar refractivity (Wildman–Crippen MR) is 118 cm³/mol. The van der Waals surface area contributed by atoms with Crippen molar-refractivity contribution < 1.29 is 32.3 Å². The van der Waals surface area contributed by atoms with Crippen LogP contribution in [0.4, 0.5) is 24.5 Å². The van der Waals surface area contributed by atoms with Gasteiger partial charge < -0.3 is 15.0 Å². The van der Waals surface area contributed by atoms with Gasteiger partial charge in [0.05, 0.1) is 29.1 Å². The van der Waals surface area contributed by atoms with E-state index in [2.05, 4.69) is 5.32 Å². The first-order valence-electron chi connectivity index (χ1n) is 10.9. The number of para-hydroxylation sites is 1. The molecule has 1 fully saturated rings. The molecule has 1 N–H and O–H groups in total. The Labute approximate surface area is 194 Å². The Bertz CT molecular complexity index is 1150. The summed E-state index contributed by atoms with van der Waals surface area (Å²) in [7, 11) is 0. The van der Waals surface area contributed by atoms with E-state index < -0.39 is 23.3 Å². The first-order chi connectivity index (χ1) is 16.1. The van der Waals surface area contributed by atoms with Crippen LogP contribution in [0.1, 0.15) is 49.0 Å². The Morgan fingerprint density at radius 1 is 1.18 bits per heavy atom. The summed E-state index contributed by atoms with van der Waals surface area (Å²) in [4.78, 5) is 41.7. The van der Waals surface area contributed by atoms with E-state index in [1.807, 2.05) is 0 Å². The zero-order valence-corrected chi connectivity index (χ0v) is 18.7. The maximum atomic E-state index is 13.2. The average molecular weight is 475 g/mol. The second-order valence-corrected chi connectivity index (χ2v) is 8.36. The number of nitrogens with one attached hydrogen (secondary N) is 1. The van der Waals surface area contributed by atoms with Crippen LogP contribution in [0.2, 0.25) is 0 Å². The number of hydrogen-bond acceptors (Lipinski definition) is 4. The summed E-state index contributed by atoms with van der Waals surface area (Å²) in [5.41, 5.74) is -1.02. The molecule has 10 heteroatoms. The quantitative estimate of drug-likeness (QED) is 0.671. The molecule has 2 aromatic carbocycles. The van der Waals surface area contributed by atoms with Crippen LogP contribution in [0.25, 0.3) is 0 Å². The molecule has 180 valence electrons. The minimum absolute atomic E-state index is 0.0117. The van der Waals surface area contributed by atoms with E-state index >= 15 is 0 Å². The number of anilines is 2. The Morgan fingerprint density at radius 3 is 2.62 bits per heavy atom. The molecule has 2 aliphatic rings. The van der Waals surface area contributed by atoms with E-state index in [1.54, 1.807) is 43.0 Å². The summed E-state index contributed by atoms with van der Waals surface area (Å²) in [6, 6.07) is 9.69. The van der Waals surface area contributed by atoms with Crippen molar-refractivity contribution >= 4 is 29.1 Å². The summed E-state index contributed by atoms with van der Waals surface area (Å²) in [6.07, 6.45) is -4.07. The molecule has 1 saturated heterocycles. The lowest BCUT2D eigenvalue weighted by Crippen LogP contribution is -2.62. The van der Waals surface area contributed by atoms with Gasteiger partial charge in [0.15, 0.2) is 0 Å². The van der Waals surface area contributed by atoms with Crippen LogP contribution in [0, 0.1) is 0 Å². The molecule has 1 unspecified atom stereocenters. The van der Waals surface area contributed by atoms with Crippen LogP contribution in [0.5, 0.6) is 5.75 Å². The highest BCUT2D eigenvalue weighted by atomic mass is 19.4. The number of halogens is 3. The molecule has 0 spiro atoms. The van der Waals surface area contributed by atoms with Gasteiger partial charge in [-0.1, -0.05) is 12.1 Å². The van der Waals surface area contributed by atoms with Crippen LogP contribution in [-0.2, 0) is 15.8 Å². The minimum atomic E-state index is -4.58.